The Balaban J connectivity index is 2.04. The van der Waals surface area contributed by atoms with Crippen LogP contribution >= 0.6 is 11.8 Å². The highest BCUT2D eigenvalue weighted by Crippen LogP contribution is 2.36. The molecule has 1 aliphatic rings. The third-order valence-corrected chi connectivity index (χ3v) is 5.91. The summed E-state index contributed by atoms with van der Waals surface area (Å²) >= 11 is 1.36. The molecule has 2 aromatic carbocycles. The fourth-order valence-electron chi connectivity index (χ4n) is 2.96. The van der Waals surface area contributed by atoms with Crippen LogP contribution in [0.3, 0.4) is 0 Å². The van der Waals surface area contributed by atoms with Crippen LogP contribution in [0.2, 0.25) is 0 Å². The molecule has 0 atom stereocenters. The summed E-state index contributed by atoms with van der Waals surface area (Å²) in [6, 6.07) is 17.7. The van der Waals surface area contributed by atoms with Crippen molar-refractivity contribution >= 4 is 34.2 Å². The lowest BCUT2D eigenvalue weighted by atomic mass is 10.2. The first-order chi connectivity index (χ1) is 14.9. The zero-order valence-corrected chi connectivity index (χ0v) is 19.1. The van der Waals surface area contributed by atoms with Crippen molar-refractivity contribution in [2.24, 2.45) is 4.99 Å². The van der Waals surface area contributed by atoms with Gasteiger partial charge in [-0.1, -0.05) is 30.3 Å². The summed E-state index contributed by atoms with van der Waals surface area (Å²) in [4.78, 5) is 22.4. The molecule has 0 unspecified atom stereocenters. The predicted molar refractivity (Wildman–Crippen MR) is 128 cm³/mol. The molecule has 1 aliphatic heterocycles. The summed E-state index contributed by atoms with van der Waals surface area (Å²) in [7, 11) is 1.96. The summed E-state index contributed by atoms with van der Waals surface area (Å²) in [5, 5.41) is 13.2. The number of carbonyl (C=O) groups is 1. The fraction of sp³-hybridized carbons (Fsp3) is 0.292. The Hall–Kier alpha value is -3.24. The van der Waals surface area contributed by atoms with Crippen LogP contribution in [0.25, 0.3) is 0 Å². The maximum Gasteiger partial charge on any atom is 0.268 e. The van der Waals surface area contributed by atoms with Crippen LogP contribution in [0.5, 0.6) is 0 Å². The van der Waals surface area contributed by atoms with Gasteiger partial charge in [0.1, 0.15) is 0 Å². The van der Waals surface area contributed by atoms with Crippen molar-refractivity contribution in [1.82, 2.24) is 9.80 Å². The molecule has 6 nitrogen and oxygen atoms in total. The Morgan fingerprint density at radius 3 is 2.65 bits per heavy atom. The second-order valence-electron chi connectivity index (χ2n) is 7.50. The van der Waals surface area contributed by atoms with E-state index < -0.39 is 0 Å². The minimum Gasteiger partial charge on any atom is -0.384 e. The first kappa shape index (κ1) is 22.4. The van der Waals surface area contributed by atoms with Crippen LogP contribution < -0.4 is 5.32 Å². The largest absolute Gasteiger partial charge is 0.384 e. The van der Waals surface area contributed by atoms with E-state index in [0.29, 0.717) is 27.9 Å². The van der Waals surface area contributed by atoms with Gasteiger partial charge in [0.2, 0.25) is 0 Å². The van der Waals surface area contributed by atoms with Gasteiger partial charge in [0, 0.05) is 25.8 Å². The smallest absolute Gasteiger partial charge is 0.268 e. The summed E-state index contributed by atoms with van der Waals surface area (Å²) in [6.07, 6.45) is 1.88. The van der Waals surface area contributed by atoms with E-state index in [4.69, 9.17) is 4.99 Å². The van der Waals surface area contributed by atoms with E-state index in [-0.39, 0.29) is 11.9 Å². The van der Waals surface area contributed by atoms with Crippen molar-refractivity contribution in [1.29, 1.82) is 5.26 Å². The van der Waals surface area contributed by atoms with Crippen molar-refractivity contribution in [3.63, 3.8) is 0 Å². The molecule has 0 bridgehead atoms. The molecule has 0 saturated carbocycles. The Morgan fingerprint density at radius 1 is 1.26 bits per heavy atom. The predicted octanol–water partition coefficient (Wildman–Crippen LogP) is 4.93. The highest BCUT2D eigenvalue weighted by molar-refractivity contribution is 8.18. The zero-order chi connectivity index (χ0) is 22.4. The molecule has 3 rings (SSSR count). The molecule has 0 spiro atoms. The molecule has 31 heavy (non-hydrogen) atoms. The molecular weight excluding hydrogens is 406 g/mol. The van der Waals surface area contributed by atoms with Crippen LogP contribution in [0.15, 0.2) is 64.6 Å². The lowest BCUT2D eigenvalue weighted by Crippen LogP contribution is -2.29. The molecule has 1 saturated heterocycles. The molecule has 1 amide bonds. The van der Waals surface area contributed by atoms with E-state index in [0.717, 1.165) is 17.8 Å². The molecular formula is C24H27N5OS. The standard InChI is InChI=1S/C24H27N5OS/c1-5-26-20-12-11-19(14-25)13-21(20)27-24-29(15-18-9-7-6-8-10-18)23(30)22(31-24)16-28(4)17(2)3/h6-13,16-17,26H,5,15H2,1-4H3/b22-16-,27-24?. The Kier molecular flexibility index (Phi) is 7.37. The van der Waals surface area contributed by atoms with Crippen LogP contribution in [0.4, 0.5) is 11.4 Å². The minimum atomic E-state index is -0.0680. The SMILES string of the molecule is CCNc1ccc(C#N)cc1N=C1S/C(=C\N(C)C(C)C)C(=O)N1Cc1ccccc1. The molecule has 0 radical (unpaired) electrons. The number of amides is 1. The summed E-state index contributed by atoms with van der Waals surface area (Å²) in [5.74, 6) is -0.0680. The second kappa shape index (κ2) is 10.2. The van der Waals surface area contributed by atoms with Crippen molar-refractivity contribution < 1.29 is 4.79 Å². The molecule has 7 heteroatoms. The fourth-order valence-corrected chi connectivity index (χ4v) is 3.97. The lowest BCUT2D eigenvalue weighted by Gasteiger charge is -2.19. The minimum absolute atomic E-state index is 0.0680. The third kappa shape index (κ3) is 5.47. The number of benzene rings is 2. The topological polar surface area (TPSA) is 71.7 Å². The molecule has 0 aromatic heterocycles. The zero-order valence-electron chi connectivity index (χ0n) is 18.3. The van der Waals surface area contributed by atoms with E-state index in [9.17, 15) is 10.1 Å². The van der Waals surface area contributed by atoms with E-state index in [1.165, 1.54) is 11.8 Å². The Bertz CT molecular complexity index is 1040. The molecule has 160 valence electrons. The van der Waals surface area contributed by atoms with Gasteiger partial charge in [0.25, 0.3) is 5.91 Å². The van der Waals surface area contributed by atoms with Crippen LogP contribution in [0.1, 0.15) is 31.9 Å². The molecule has 1 N–H and O–H groups in total. The van der Waals surface area contributed by atoms with Gasteiger partial charge in [-0.3, -0.25) is 9.69 Å². The van der Waals surface area contributed by atoms with Crippen molar-refractivity contribution in [3.05, 3.63) is 70.8 Å². The van der Waals surface area contributed by atoms with E-state index in [1.807, 2.05) is 61.5 Å². The number of thioether (sulfide) groups is 1. The average Bonchev–Trinajstić information content (AvgIpc) is 3.04. The van der Waals surface area contributed by atoms with Gasteiger partial charge in [-0.25, -0.2) is 4.99 Å². The summed E-state index contributed by atoms with van der Waals surface area (Å²) in [5.41, 5.74) is 3.03. The Labute approximate surface area is 188 Å². The third-order valence-electron chi connectivity index (χ3n) is 4.92. The lowest BCUT2D eigenvalue weighted by molar-refractivity contribution is -0.122. The number of hydrogen-bond acceptors (Lipinski definition) is 6. The van der Waals surface area contributed by atoms with Crippen LogP contribution in [0, 0.1) is 11.3 Å². The molecule has 1 heterocycles. The van der Waals surface area contributed by atoms with Gasteiger partial charge in [0.05, 0.1) is 34.5 Å². The maximum atomic E-state index is 13.3. The number of anilines is 1. The first-order valence-corrected chi connectivity index (χ1v) is 11.1. The number of nitrogens with one attached hydrogen (secondary N) is 1. The van der Waals surface area contributed by atoms with Gasteiger partial charge in [-0.05, 0) is 56.3 Å². The monoisotopic (exact) mass is 433 g/mol. The number of nitriles is 1. The first-order valence-electron chi connectivity index (χ1n) is 10.3. The van der Waals surface area contributed by atoms with Gasteiger partial charge in [-0.2, -0.15) is 5.26 Å². The maximum absolute atomic E-state index is 13.3. The van der Waals surface area contributed by atoms with E-state index >= 15 is 0 Å². The number of hydrogen-bond donors (Lipinski definition) is 1. The van der Waals surface area contributed by atoms with E-state index in [2.05, 4.69) is 25.2 Å². The second-order valence-corrected chi connectivity index (χ2v) is 8.51. The number of nitrogens with zero attached hydrogens (tertiary/aromatic N) is 4. The number of amidine groups is 1. The summed E-state index contributed by atoms with van der Waals surface area (Å²) < 4.78 is 0. The van der Waals surface area contributed by atoms with Crippen molar-refractivity contribution in [3.8, 4) is 6.07 Å². The highest BCUT2D eigenvalue weighted by atomic mass is 32.2. The van der Waals surface area contributed by atoms with Gasteiger partial charge >= 0.3 is 0 Å². The van der Waals surface area contributed by atoms with Crippen molar-refractivity contribution in [2.45, 2.75) is 33.4 Å². The molecule has 1 fully saturated rings. The van der Waals surface area contributed by atoms with Gasteiger partial charge < -0.3 is 10.2 Å². The number of carbonyl (C=O) groups excluding carboxylic acids is 1. The van der Waals surface area contributed by atoms with Crippen molar-refractivity contribution in [2.75, 3.05) is 18.9 Å². The summed E-state index contributed by atoms with van der Waals surface area (Å²) in [6.45, 7) is 7.33. The van der Waals surface area contributed by atoms with Gasteiger partial charge in [-0.15, -0.1) is 0 Å². The normalized spacial score (nSPS) is 16.3. The quantitative estimate of drug-likeness (QED) is 0.627. The average molecular weight is 434 g/mol. The van der Waals surface area contributed by atoms with E-state index in [1.54, 1.807) is 17.0 Å². The van der Waals surface area contributed by atoms with Gasteiger partial charge in [0.15, 0.2) is 5.17 Å². The Morgan fingerprint density at radius 2 is 2.00 bits per heavy atom. The molecule has 2 aromatic rings. The highest BCUT2D eigenvalue weighted by Gasteiger charge is 2.34. The number of rotatable bonds is 7. The van der Waals surface area contributed by atoms with Crippen LogP contribution in [-0.4, -0.2) is 40.5 Å². The number of aliphatic imine (C=N–C) groups is 1. The van der Waals surface area contributed by atoms with Crippen LogP contribution in [-0.2, 0) is 11.3 Å². The molecule has 0 aliphatic carbocycles.